The number of rotatable bonds is 3. The van der Waals surface area contributed by atoms with Crippen molar-refractivity contribution in [2.45, 2.75) is 37.6 Å². The van der Waals surface area contributed by atoms with Crippen LogP contribution < -0.4 is 5.32 Å². The van der Waals surface area contributed by atoms with E-state index in [0.717, 1.165) is 17.9 Å². The Kier molecular flexibility index (Phi) is 2.58. The maximum absolute atomic E-state index is 12.2. The van der Waals surface area contributed by atoms with Crippen LogP contribution in [0.2, 0.25) is 0 Å². The first-order valence-corrected chi connectivity index (χ1v) is 6.98. The van der Waals surface area contributed by atoms with Gasteiger partial charge in [-0.25, -0.2) is 9.97 Å². The molecule has 20 heavy (non-hydrogen) atoms. The van der Waals surface area contributed by atoms with Gasteiger partial charge in [-0.15, -0.1) is 0 Å². The van der Waals surface area contributed by atoms with Crippen LogP contribution in [0.1, 0.15) is 47.0 Å². The van der Waals surface area contributed by atoms with E-state index in [1.165, 1.54) is 12.8 Å². The highest BCUT2D eigenvalue weighted by Gasteiger charge is 2.30. The summed E-state index contributed by atoms with van der Waals surface area (Å²) in [5, 5.41) is 3.27. The zero-order valence-corrected chi connectivity index (χ0v) is 11.0. The Labute approximate surface area is 116 Å². The molecule has 0 unspecified atom stereocenters. The average Bonchev–Trinajstić information content (AvgIpc) is 3.08. The number of hydrogen-bond donors (Lipinski definition) is 1. The molecule has 2 aromatic heterocycles. The molecule has 0 saturated heterocycles. The lowest BCUT2D eigenvalue weighted by Crippen LogP contribution is -2.21. The number of ketones is 1. The predicted octanol–water partition coefficient (Wildman–Crippen LogP) is 2.56. The van der Waals surface area contributed by atoms with E-state index in [9.17, 15) is 4.79 Å². The highest BCUT2D eigenvalue weighted by molar-refractivity contribution is 5.98. The second-order valence-electron chi connectivity index (χ2n) is 5.52. The lowest BCUT2D eigenvalue weighted by atomic mass is 9.85. The lowest BCUT2D eigenvalue weighted by molar-refractivity contribution is 0.0958. The van der Waals surface area contributed by atoms with Crippen LogP contribution in [0.4, 0.5) is 5.95 Å². The first-order chi connectivity index (χ1) is 9.79. The molecule has 0 amide bonds. The van der Waals surface area contributed by atoms with Gasteiger partial charge in [0.05, 0.1) is 17.5 Å². The van der Waals surface area contributed by atoms with E-state index < -0.39 is 0 Å². The van der Waals surface area contributed by atoms with Crippen molar-refractivity contribution in [1.29, 1.82) is 0 Å². The largest absolute Gasteiger partial charge is 0.469 e. The van der Waals surface area contributed by atoms with Crippen molar-refractivity contribution < 1.29 is 9.21 Å². The van der Waals surface area contributed by atoms with Crippen molar-refractivity contribution in [3.8, 4) is 0 Å². The van der Waals surface area contributed by atoms with Gasteiger partial charge in [0.15, 0.2) is 5.78 Å². The van der Waals surface area contributed by atoms with Gasteiger partial charge >= 0.3 is 0 Å². The van der Waals surface area contributed by atoms with E-state index in [4.69, 9.17) is 4.42 Å². The second-order valence-corrected chi connectivity index (χ2v) is 5.52. The van der Waals surface area contributed by atoms with Gasteiger partial charge in [-0.05, 0) is 25.0 Å². The minimum absolute atomic E-state index is 0.0914. The summed E-state index contributed by atoms with van der Waals surface area (Å²) in [6.45, 7) is 0. The summed E-state index contributed by atoms with van der Waals surface area (Å²) in [6, 6.07) is 4.29. The van der Waals surface area contributed by atoms with Crippen LogP contribution in [-0.4, -0.2) is 21.8 Å². The number of aromatic nitrogens is 2. The molecule has 4 rings (SSSR count). The molecule has 1 saturated carbocycles. The molecular weight excluding hydrogens is 254 g/mol. The van der Waals surface area contributed by atoms with E-state index in [1.54, 1.807) is 12.5 Å². The van der Waals surface area contributed by atoms with Gasteiger partial charge in [0.2, 0.25) is 5.95 Å². The van der Waals surface area contributed by atoms with Gasteiger partial charge in [-0.1, -0.05) is 0 Å². The normalized spacial score (nSPS) is 21.6. The second kappa shape index (κ2) is 4.44. The smallest absolute Gasteiger partial charge is 0.223 e. The number of Topliss-reactive ketones (excluding diaryl/α,β-unsaturated/α-hetero) is 1. The van der Waals surface area contributed by atoms with E-state index in [-0.39, 0.29) is 11.7 Å². The minimum Gasteiger partial charge on any atom is -0.469 e. The summed E-state index contributed by atoms with van der Waals surface area (Å²) >= 11 is 0. The van der Waals surface area contributed by atoms with Crippen molar-refractivity contribution in [3.05, 3.63) is 41.6 Å². The molecule has 5 heteroatoms. The van der Waals surface area contributed by atoms with Crippen LogP contribution in [-0.2, 0) is 6.42 Å². The summed E-state index contributed by atoms with van der Waals surface area (Å²) < 4.78 is 5.43. The SMILES string of the molecule is O=C1C[C@@H](c2ccco2)Cc2nc(NC3CC3)ncc21. The number of anilines is 1. The summed E-state index contributed by atoms with van der Waals surface area (Å²) in [7, 11) is 0. The number of carbonyl (C=O) groups is 1. The van der Waals surface area contributed by atoms with Crippen molar-refractivity contribution in [2.24, 2.45) is 0 Å². The number of furan rings is 1. The molecule has 2 heterocycles. The third-order valence-corrected chi connectivity index (χ3v) is 3.90. The molecule has 0 radical (unpaired) electrons. The van der Waals surface area contributed by atoms with Gasteiger partial charge < -0.3 is 9.73 Å². The van der Waals surface area contributed by atoms with E-state index in [0.29, 0.717) is 24.0 Å². The Morgan fingerprint density at radius 1 is 1.30 bits per heavy atom. The number of nitrogens with one attached hydrogen (secondary N) is 1. The zero-order chi connectivity index (χ0) is 13.5. The summed E-state index contributed by atoms with van der Waals surface area (Å²) in [6.07, 6.45) is 6.86. The van der Waals surface area contributed by atoms with Gasteiger partial charge in [0, 0.05) is 31.0 Å². The molecule has 0 bridgehead atoms. The van der Waals surface area contributed by atoms with E-state index in [2.05, 4.69) is 15.3 Å². The molecule has 0 aliphatic heterocycles. The Morgan fingerprint density at radius 2 is 2.20 bits per heavy atom. The van der Waals surface area contributed by atoms with E-state index in [1.807, 2.05) is 12.1 Å². The van der Waals surface area contributed by atoms with Crippen LogP contribution in [0.3, 0.4) is 0 Å². The van der Waals surface area contributed by atoms with Crippen molar-refractivity contribution in [3.63, 3.8) is 0 Å². The van der Waals surface area contributed by atoms with Crippen LogP contribution in [0, 0.1) is 0 Å². The number of nitrogens with zero attached hydrogens (tertiary/aromatic N) is 2. The highest BCUT2D eigenvalue weighted by Crippen LogP contribution is 2.32. The maximum atomic E-state index is 12.2. The van der Waals surface area contributed by atoms with E-state index >= 15 is 0 Å². The monoisotopic (exact) mass is 269 g/mol. The van der Waals surface area contributed by atoms with Crippen molar-refractivity contribution >= 4 is 11.7 Å². The molecule has 0 spiro atoms. The first-order valence-electron chi connectivity index (χ1n) is 6.98. The summed E-state index contributed by atoms with van der Waals surface area (Å²) in [5.74, 6) is 1.69. The molecule has 5 nitrogen and oxygen atoms in total. The number of hydrogen-bond acceptors (Lipinski definition) is 5. The van der Waals surface area contributed by atoms with Crippen molar-refractivity contribution in [2.75, 3.05) is 5.32 Å². The Hall–Kier alpha value is -2.17. The lowest BCUT2D eigenvalue weighted by Gasteiger charge is -2.21. The predicted molar refractivity (Wildman–Crippen MR) is 72.8 cm³/mol. The fourth-order valence-electron chi connectivity index (χ4n) is 2.65. The third-order valence-electron chi connectivity index (χ3n) is 3.90. The number of carbonyl (C=O) groups excluding carboxylic acids is 1. The molecular formula is C15H15N3O2. The van der Waals surface area contributed by atoms with Crippen molar-refractivity contribution in [1.82, 2.24) is 9.97 Å². The Bertz CT molecular complexity index is 647. The van der Waals surface area contributed by atoms with Gasteiger partial charge in [0.1, 0.15) is 5.76 Å². The average molecular weight is 269 g/mol. The minimum atomic E-state index is 0.0914. The fraction of sp³-hybridized carbons (Fsp3) is 0.400. The Morgan fingerprint density at radius 3 is 2.95 bits per heavy atom. The third kappa shape index (κ3) is 2.09. The molecule has 1 N–H and O–H groups in total. The quantitative estimate of drug-likeness (QED) is 0.927. The standard InChI is InChI=1S/C15H15N3O2/c19-13-7-9(14-2-1-5-20-14)6-12-11(13)8-16-15(18-12)17-10-3-4-10/h1-2,5,8-10H,3-4,6-7H2,(H,16,17,18)/t9-/m0/s1. The number of fused-ring (bicyclic) bond motifs is 1. The molecule has 2 aliphatic rings. The van der Waals surface area contributed by atoms with Crippen LogP contribution in [0.5, 0.6) is 0 Å². The Balaban J connectivity index is 1.64. The molecule has 2 aliphatic carbocycles. The van der Waals surface area contributed by atoms with Crippen LogP contribution in [0.25, 0.3) is 0 Å². The maximum Gasteiger partial charge on any atom is 0.223 e. The molecule has 2 aromatic rings. The zero-order valence-electron chi connectivity index (χ0n) is 11.0. The van der Waals surface area contributed by atoms with Gasteiger partial charge in [-0.3, -0.25) is 4.79 Å². The molecule has 102 valence electrons. The highest BCUT2D eigenvalue weighted by atomic mass is 16.3. The van der Waals surface area contributed by atoms with Crippen LogP contribution >= 0.6 is 0 Å². The first kappa shape index (κ1) is 11.6. The molecule has 1 fully saturated rings. The summed E-state index contributed by atoms with van der Waals surface area (Å²) in [4.78, 5) is 21.0. The summed E-state index contributed by atoms with van der Waals surface area (Å²) in [5.41, 5.74) is 1.50. The molecule has 0 aromatic carbocycles. The topological polar surface area (TPSA) is 68.0 Å². The van der Waals surface area contributed by atoms with Crippen LogP contribution in [0.15, 0.2) is 29.0 Å². The molecule has 1 atom stereocenters. The van der Waals surface area contributed by atoms with Gasteiger partial charge in [-0.2, -0.15) is 0 Å². The fourth-order valence-corrected chi connectivity index (χ4v) is 2.65. The van der Waals surface area contributed by atoms with Gasteiger partial charge in [0.25, 0.3) is 0 Å².